The summed E-state index contributed by atoms with van der Waals surface area (Å²) < 4.78 is 5.11. The summed E-state index contributed by atoms with van der Waals surface area (Å²) in [5.74, 6) is -0.278. The number of carbonyl (C=O) groups excluding carboxylic acids is 2. The van der Waals surface area contributed by atoms with Crippen LogP contribution in [0, 0.1) is 0 Å². The van der Waals surface area contributed by atoms with E-state index in [1.165, 1.54) is 0 Å². The molecule has 2 aromatic carbocycles. The number of nitrogens with one attached hydrogen (secondary N) is 1. The molecule has 0 spiro atoms. The molecule has 7 nitrogen and oxygen atoms in total. The number of hydrogen-bond acceptors (Lipinski definition) is 6. The zero-order valence-corrected chi connectivity index (χ0v) is 16.9. The molecule has 3 aromatic rings. The molecule has 1 atom stereocenters. The number of aromatic nitrogens is 2. The Balaban J connectivity index is 1.32. The molecule has 1 aromatic heterocycles. The Bertz CT molecular complexity index is 1040. The van der Waals surface area contributed by atoms with Crippen LogP contribution in [0.3, 0.4) is 0 Å². The molecule has 1 unspecified atom stereocenters. The van der Waals surface area contributed by atoms with E-state index in [9.17, 15) is 9.59 Å². The summed E-state index contributed by atoms with van der Waals surface area (Å²) in [6, 6.07) is 17.1. The minimum atomic E-state index is -0.663. The summed E-state index contributed by atoms with van der Waals surface area (Å²) >= 11 is 0. The molecule has 1 aliphatic rings. The van der Waals surface area contributed by atoms with Gasteiger partial charge in [-0.25, -0.2) is 4.79 Å². The van der Waals surface area contributed by atoms with Crippen molar-refractivity contribution >= 4 is 28.5 Å². The van der Waals surface area contributed by atoms with Gasteiger partial charge in [-0.1, -0.05) is 42.5 Å². The first-order chi connectivity index (χ1) is 14.6. The predicted molar refractivity (Wildman–Crippen MR) is 114 cm³/mol. The van der Waals surface area contributed by atoms with Gasteiger partial charge in [-0.15, -0.1) is 10.2 Å². The van der Waals surface area contributed by atoms with Gasteiger partial charge in [0, 0.05) is 13.1 Å². The number of ether oxygens (including phenoxy) is 1. The Hall–Kier alpha value is -3.48. The standard InChI is InChI=1S/C23H24N4O3/c1-16(18-10-6-8-17-7-2-3-9-19(17)18)24-22(28)15-30-23(29)20-11-12-21(26-25-20)27-13-4-5-14-27/h2-3,6-12,16H,4-5,13-15H2,1H3,(H,24,28). The van der Waals surface area contributed by atoms with Crippen molar-refractivity contribution in [3.63, 3.8) is 0 Å². The fraction of sp³-hybridized carbons (Fsp3) is 0.304. The lowest BCUT2D eigenvalue weighted by Crippen LogP contribution is -2.31. The second-order valence-electron chi connectivity index (χ2n) is 7.40. The third-order valence-electron chi connectivity index (χ3n) is 5.29. The van der Waals surface area contributed by atoms with Crippen molar-refractivity contribution in [2.75, 3.05) is 24.6 Å². The molecule has 154 valence electrons. The largest absolute Gasteiger partial charge is 0.451 e. The molecular formula is C23H24N4O3. The third-order valence-corrected chi connectivity index (χ3v) is 5.29. The number of hydrogen-bond donors (Lipinski definition) is 1. The zero-order chi connectivity index (χ0) is 20.9. The second-order valence-corrected chi connectivity index (χ2v) is 7.40. The van der Waals surface area contributed by atoms with Gasteiger partial charge in [0.2, 0.25) is 0 Å². The summed E-state index contributed by atoms with van der Waals surface area (Å²) in [4.78, 5) is 26.6. The molecule has 0 radical (unpaired) electrons. The topological polar surface area (TPSA) is 84.4 Å². The van der Waals surface area contributed by atoms with Crippen LogP contribution < -0.4 is 10.2 Å². The fourth-order valence-corrected chi connectivity index (χ4v) is 3.74. The first kappa shape index (κ1) is 19.8. The highest BCUT2D eigenvalue weighted by molar-refractivity contribution is 5.90. The molecule has 4 rings (SSSR count). The summed E-state index contributed by atoms with van der Waals surface area (Å²) in [7, 11) is 0. The molecule has 7 heteroatoms. The van der Waals surface area contributed by atoms with Crippen LogP contribution in [0.2, 0.25) is 0 Å². The van der Waals surface area contributed by atoms with E-state index in [4.69, 9.17) is 4.74 Å². The Morgan fingerprint density at radius 3 is 2.57 bits per heavy atom. The minimum absolute atomic E-state index is 0.0906. The van der Waals surface area contributed by atoms with Crippen LogP contribution >= 0.6 is 0 Å². The van der Waals surface area contributed by atoms with Crippen molar-refractivity contribution < 1.29 is 14.3 Å². The molecule has 0 saturated carbocycles. The van der Waals surface area contributed by atoms with E-state index < -0.39 is 5.97 Å². The Morgan fingerprint density at radius 1 is 1.03 bits per heavy atom. The number of rotatable bonds is 6. The number of amides is 1. The third kappa shape index (κ3) is 4.40. The molecule has 1 amide bonds. The van der Waals surface area contributed by atoms with Gasteiger partial charge in [0.25, 0.3) is 5.91 Å². The summed E-state index contributed by atoms with van der Waals surface area (Å²) in [6.45, 7) is 3.44. The normalized spacial score (nSPS) is 14.5. The number of anilines is 1. The van der Waals surface area contributed by atoms with Crippen molar-refractivity contribution in [3.05, 3.63) is 65.9 Å². The van der Waals surface area contributed by atoms with Crippen LogP contribution in [0.5, 0.6) is 0 Å². The van der Waals surface area contributed by atoms with Gasteiger partial charge in [-0.05, 0) is 48.2 Å². The van der Waals surface area contributed by atoms with Crippen LogP contribution in [0.25, 0.3) is 10.8 Å². The maximum atomic E-state index is 12.3. The van der Waals surface area contributed by atoms with E-state index in [1.54, 1.807) is 12.1 Å². The molecule has 0 bridgehead atoms. The quantitative estimate of drug-likeness (QED) is 0.635. The highest BCUT2D eigenvalue weighted by Gasteiger charge is 2.18. The lowest BCUT2D eigenvalue weighted by atomic mass is 10.00. The second kappa shape index (κ2) is 8.90. The van der Waals surface area contributed by atoms with E-state index in [1.807, 2.05) is 49.4 Å². The zero-order valence-electron chi connectivity index (χ0n) is 16.9. The van der Waals surface area contributed by atoms with Crippen molar-refractivity contribution in [2.45, 2.75) is 25.8 Å². The van der Waals surface area contributed by atoms with Crippen LogP contribution in [0.1, 0.15) is 41.9 Å². The molecule has 1 saturated heterocycles. The molecule has 1 aliphatic heterocycles. The number of benzene rings is 2. The van der Waals surface area contributed by atoms with Gasteiger partial charge in [0.1, 0.15) is 0 Å². The summed E-state index contributed by atoms with van der Waals surface area (Å²) in [5, 5.41) is 13.1. The highest BCUT2D eigenvalue weighted by atomic mass is 16.5. The van der Waals surface area contributed by atoms with Gasteiger partial charge in [0.05, 0.1) is 6.04 Å². The van der Waals surface area contributed by atoms with Crippen LogP contribution in [0.4, 0.5) is 5.82 Å². The summed E-state index contributed by atoms with van der Waals surface area (Å²) in [5.41, 5.74) is 1.10. The maximum absolute atomic E-state index is 12.3. The van der Waals surface area contributed by atoms with Crippen molar-refractivity contribution in [1.29, 1.82) is 0 Å². The molecule has 0 aliphatic carbocycles. The molecule has 1 fully saturated rings. The fourth-order valence-electron chi connectivity index (χ4n) is 3.74. The number of carbonyl (C=O) groups is 2. The highest BCUT2D eigenvalue weighted by Crippen LogP contribution is 2.24. The predicted octanol–water partition coefficient (Wildman–Crippen LogP) is 3.26. The van der Waals surface area contributed by atoms with Crippen molar-refractivity contribution in [2.24, 2.45) is 0 Å². The van der Waals surface area contributed by atoms with Crippen LogP contribution in [-0.2, 0) is 9.53 Å². The van der Waals surface area contributed by atoms with Gasteiger partial charge in [-0.2, -0.15) is 0 Å². The monoisotopic (exact) mass is 404 g/mol. The van der Waals surface area contributed by atoms with E-state index in [0.29, 0.717) is 0 Å². The Labute approximate surface area is 175 Å². The minimum Gasteiger partial charge on any atom is -0.451 e. The van der Waals surface area contributed by atoms with E-state index >= 15 is 0 Å². The average Bonchev–Trinajstić information content (AvgIpc) is 3.32. The van der Waals surface area contributed by atoms with E-state index in [2.05, 4.69) is 20.4 Å². The molecule has 30 heavy (non-hydrogen) atoms. The van der Waals surface area contributed by atoms with Crippen LogP contribution in [0.15, 0.2) is 54.6 Å². The van der Waals surface area contributed by atoms with Crippen LogP contribution in [-0.4, -0.2) is 41.8 Å². The molecule has 1 N–H and O–H groups in total. The number of esters is 1. The molecular weight excluding hydrogens is 380 g/mol. The first-order valence-electron chi connectivity index (χ1n) is 10.1. The van der Waals surface area contributed by atoms with Crippen molar-refractivity contribution in [1.82, 2.24) is 15.5 Å². The average molecular weight is 404 g/mol. The lowest BCUT2D eigenvalue weighted by Gasteiger charge is -2.17. The van der Waals surface area contributed by atoms with Gasteiger partial charge in [-0.3, -0.25) is 4.79 Å². The van der Waals surface area contributed by atoms with Crippen molar-refractivity contribution in [3.8, 4) is 0 Å². The van der Waals surface area contributed by atoms with Gasteiger partial charge >= 0.3 is 5.97 Å². The number of nitrogens with zero attached hydrogens (tertiary/aromatic N) is 3. The molecule has 2 heterocycles. The SMILES string of the molecule is CC(NC(=O)COC(=O)c1ccc(N2CCCC2)nn1)c1cccc2ccccc12. The van der Waals surface area contributed by atoms with E-state index in [0.717, 1.165) is 48.1 Å². The number of fused-ring (bicyclic) bond motifs is 1. The smallest absolute Gasteiger partial charge is 0.359 e. The van der Waals surface area contributed by atoms with E-state index in [-0.39, 0.29) is 24.2 Å². The maximum Gasteiger partial charge on any atom is 0.359 e. The first-order valence-corrected chi connectivity index (χ1v) is 10.1. The Kier molecular flexibility index (Phi) is 5.88. The summed E-state index contributed by atoms with van der Waals surface area (Å²) in [6.07, 6.45) is 2.27. The Morgan fingerprint density at radius 2 is 1.80 bits per heavy atom. The van der Waals surface area contributed by atoms with Gasteiger partial charge in [0.15, 0.2) is 18.1 Å². The van der Waals surface area contributed by atoms with Gasteiger partial charge < -0.3 is 15.0 Å². The lowest BCUT2D eigenvalue weighted by molar-refractivity contribution is -0.124.